The molecule has 0 spiro atoms. The van der Waals surface area contributed by atoms with Crippen LogP contribution in [0.2, 0.25) is 0 Å². The first kappa shape index (κ1) is 12.7. The molecule has 1 aromatic heterocycles. The lowest BCUT2D eigenvalue weighted by Crippen LogP contribution is -2.23. The summed E-state index contributed by atoms with van der Waals surface area (Å²) in [6.45, 7) is 0. The highest BCUT2D eigenvalue weighted by Gasteiger charge is 2.22. The average molecular weight is 272 g/mol. The van der Waals surface area contributed by atoms with E-state index in [2.05, 4.69) is 15.3 Å². The third-order valence-corrected chi connectivity index (χ3v) is 3.79. The number of aromatic nitrogens is 2. The van der Waals surface area contributed by atoms with E-state index in [-0.39, 0.29) is 23.6 Å². The molecule has 0 saturated carbocycles. The number of rotatable bonds is 3. The Morgan fingerprint density at radius 2 is 2.22 bits per heavy atom. The van der Waals surface area contributed by atoms with Crippen LogP contribution >= 0.6 is 0 Å². The number of halogens is 1. The van der Waals surface area contributed by atoms with Gasteiger partial charge in [0.15, 0.2) is 21.5 Å². The van der Waals surface area contributed by atoms with E-state index in [9.17, 15) is 12.8 Å². The summed E-state index contributed by atoms with van der Waals surface area (Å²) in [7, 11) is 0.190. The van der Waals surface area contributed by atoms with Crippen LogP contribution in [0.15, 0.2) is 17.7 Å². The second kappa shape index (κ2) is 4.52. The Hall–Kier alpha value is -1.70. The molecule has 2 heterocycles. The summed E-state index contributed by atoms with van der Waals surface area (Å²) in [4.78, 5) is 9.28. The average Bonchev–Trinajstić information content (AvgIpc) is 2.60. The van der Waals surface area contributed by atoms with Crippen molar-refractivity contribution in [1.29, 1.82) is 0 Å². The van der Waals surface area contributed by atoms with E-state index in [1.54, 1.807) is 14.1 Å². The topological polar surface area (TPSA) is 75.2 Å². The van der Waals surface area contributed by atoms with Crippen molar-refractivity contribution in [3.8, 4) is 0 Å². The van der Waals surface area contributed by atoms with E-state index >= 15 is 0 Å². The van der Waals surface area contributed by atoms with Crippen LogP contribution in [0.4, 0.5) is 16.2 Å². The Balaban J connectivity index is 2.16. The maximum absolute atomic E-state index is 13.4. The highest BCUT2D eigenvalue weighted by Crippen LogP contribution is 2.17. The Morgan fingerprint density at radius 3 is 2.78 bits per heavy atom. The maximum Gasteiger partial charge on any atom is 0.225 e. The molecular weight excluding hydrogens is 259 g/mol. The molecule has 18 heavy (non-hydrogen) atoms. The summed E-state index contributed by atoms with van der Waals surface area (Å²) in [5.74, 6) is -0.213. The predicted molar refractivity (Wildman–Crippen MR) is 66.7 cm³/mol. The van der Waals surface area contributed by atoms with Gasteiger partial charge >= 0.3 is 0 Å². The van der Waals surface area contributed by atoms with Crippen LogP contribution in [0.25, 0.3) is 0 Å². The smallest absolute Gasteiger partial charge is 0.225 e. The molecule has 6 nitrogen and oxygen atoms in total. The summed E-state index contributed by atoms with van der Waals surface area (Å²) in [5, 5.41) is 3.99. The van der Waals surface area contributed by atoms with E-state index in [0.29, 0.717) is 0 Å². The number of nitrogens with one attached hydrogen (secondary N) is 1. The second-order valence-electron chi connectivity index (χ2n) is 4.17. The minimum absolute atomic E-state index is 0.0367. The summed E-state index contributed by atoms with van der Waals surface area (Å²) in [6, 6.07) is -0.379. The van der Waals surface area contributed by atoms with Crippen molar-refractivity contribution >= 4 is 21.6 Å². The molecule has 0 unspecified atom stereocenters. The SMILES string of the molecule is CN(C)c1nc(N[C@H]2C=CS(=O)(=O)C2)ncc1F. The van der Waals surface area contributed by atoms with Crippen molar-refractivity contribution in [3.63, 3.8) is 0 Å². The molecular formula is C10H13FN4O2S. The highest BCUT2D eigenvalue weighted by atomic mass is 32.2. The van der Waals surface area contributed by atoms with Crippen LogP contribution < -0.4 is 10.2 Å². The van der Waals surface area contributed by atoms with E-state index in [1.807, 2.05) is 0 Å². The molecule has 2 rings (SSSR count). The number of hydrogen-bond donors (Lipinski definition) is 1. The van der Waals surface area contributed by atoms with Gasteiger partial charge in [-0.25, -0.2) is 17.8 Å². The van der Waals surface area contributed by atoms with Gasteiger partial charge in [-0.2, -0.15) is 4.98 Å². The fourth-order valence-corrected chi connectivity index (χ4v) is 2.81. The van der Waals surface area contributed by atoms with Gasteiger partial charge in [-0.15, -0.1) is 0 Å². The molecule has 1 aromatic rings. The van der Waals surface area contributed by atoms with Crippen molar-refractivity contribution in [2.45, 2.75) is 6.04 Å². The van der Waals surface area contributed by atoms with Crippen molar-refractivity contribution in [1.82, 2.24) is 9.97 Å². The predicted octanol–water partition coefficient (Wildman–Crippen LogP) is 0.404. The van der Waals surface area contributed by atoms with Gasteiger partial charge in [0.2, 0.25) is 5.95 Å². The quantitative estimate of drug-likeness (QED) is 0.858. The van der Waals surface area contributed by atoms with Crippen molar-refractivity contribution in [3.05, 3.63) is 23.5 Å². The van der Waals surface area contributed by atoms with Crippen LogP contribution in [0.3, 0.4) is 0 Å². The summed E-state index contributed by atoms with van der Waals surface area (Å²) in [6.07, 6.45) is 2.58. The molecule has 0 fully saturated rings. The van der Waals surface area contributed by atoms with Crippen LogP contribution in [0.1, 0.15) is 0 Å². The zero-order valence-corrected chi connectivity index (χ0v) is 10.8. The molecule has 1 N–H and O–H groups in total. The Morgan fingerprint density at radius 1 is 1.50 bits per heavy atom. The molecule has 0 aliphatic carbocycles. The lowest BCUT2D eigenvalue weighted by atomic mass is 10.3. The zero-order chi connectivity index (χ0) is 13.3. The molecule has 8 heteroatoms. The van der Waals surface area contributed by atoms with Gasteiger partial charge in [0.1, 0.15) is 0 Å². The fraction of sp³-hybridized carbons (Fsp3) is 0.400. The van der Waals surface area contributed by atoms with Gasteiger partial charge in [0.05, 0.1) is 18.0 Å². The first-order valence-electron chi connectivity index (χ1n) is 5.25. The van der Waals surface area contributed by atoms with Gasteiger partial charge in [0.25, 0.3) is 0 Å². The molecule has 1 aliphatic rings. The third kappa shape index (κ3) is 2.76. The van der Waals surface area contributed by atoms with Crippen molar-refractivity contribution in [2.75, 3.05) is 30.1 Å². The number of hydrogen-bond acceptors (Lipinski definition) is 6. The minimum atomic E-state index is -3.13. The van der Waals surface area contributed by atoms with Crippen molar-refractivity contribution < 1.29 is 12.8 Å². The van der Waals surface area contributed by atoms with E-state index in [1.165, 1.54) is 11.0 Å². The van der Waals surface area contributed by atoms with Crippen LogP contribution in [0, 0.1) is 5.82 Å². The molecule has 0 radical (unpaired) electrons. The van der Waals surface area contributed by atoms with E-state index in [0.717, 1.165) is 11.6 Å². The van der Waals surface area contributed by atoms with Gasteiger partial charge in [-0.1, -0.05) is 0 Å². The highest BCUT2D eigenvalue weighted by molar-refractivity contribution is 7.94. The normalized spacial score (nSPS) is 20.9. The van der Waals surface area contributed by atoms with Gasteiger partial charge < -0.3 is 10.2 Å². The zero-order valence-electron chi connectivity index (χ0n) is 9.96. The number of anilines is 2. The Labute approximate surface area is 104 Å². The molecule has 1 aliphatic heterocycles. The Bertz CT molecular complexity index is 586. The van der Waals surface area contributed by atoms with Gasteiger partial charge in [-0.05, 0) is 6.08 Å². The molecule has 0 amide bonds. The minimum Gasteiger partial charge on any atom is -0.360 e. The van der Waals surface area contributed by atoms with E-state index in [4.69, 9.17) is 0 Å². The summed E-state index contributed by atoms with van der Waals surface area (Å²) >= 11 is 0. The third-order valence-electron chi connectivity index (χ3n) is 2.39. The maximum atomic E-state index is 13.4. The largest absolute Gasteiger partial charge is 0.360 e. The summed E-state index contributed by atoms with van der Waals surface area (Å²) in [5.41, 5.74) is 0. The Kier molecular flexibility index (Phi) is 3.20. The molecule has 0 saturated heterocycles. The van der Waals surface area contributed by atoms with Gasteiger partial charge in [0, 0.05) is 19.5 Å². The van der Waals surface area contributed by atoms with Crippen LogP contribution in [-0.2, 0) is 9.84 Å². The van der Waals surface area contributed by atoms with Crippen LogP contribution in [-0.4, -0.2) is 44.3 Å². The van der Waals surface area contributed by atoms with E-state index < -0.39 is 15.7 Å². The van der Waals surface area contributed by atoms with Gasteiger partial charge in [-0.3, -0.25) is 0 Å². The molecule has 98 valence electrons. The van der Waals surface area contributed by atoms with Crippen LogP contribution in [0.5, 0.6) is 0 Å². The lowest BCUT2D eigenvalue weighted by molar-refractivity contribution is 0.604. The monoisotopic (exact) mass is 272 g/mol. The standard InChI is InChI=1S/C10H13FN4O2S/c1-15(2)9-8(11)5-12-10(14-9)13-7-3-4-18(16,17)6-7/h3-5,7H,6H2,1-2H3,(H,12,13,14)/t7-/m0/s1. The number of sulfone groups is 1. The number of nitrogens with zero attached hydrogens (tertiary/aromatic N) is 3. The molecule has 0 bridgehead atoms. The first-order chi connectivity index (χ1) is 8.37. The lowest BCUT2D eigenvalue weighted by Gasteiger charge is -2.15. The first-order valence-corrected chi connectivity index (χ1v) is 6.96. The summed E-state index contributed by atoms with van der Waals surface area (Å²) < 4.78 is 35.8. The molecule has 1 atom stereocenters. The second-order valence-corrected chi connectivity index (χ2v) is 6.10. The molecule has 0 aromatic carbocycles. The van der Waals surface area contributed by atoms with Crippen molar-refractivity contribution in [2.24, 2.45) is 0 Å². The fourth-order valence-electron chi connectivity index (χ4n) is 1.57.